The highest BCUT2D eigenvalue weighted by atomic mass is 16.5. The van der Waals surface area contributed by atoms with E-state index in [0.29, 0.717) is 26.2 Å². The van der Waals surface area contributed by atoms with E-state index >= 15 is 0 Å². The summed E-state index contributed by atoms with van der Waals surface area (Å²) in [5.41, 5.74) is 1.08. The smallest absolute Gasteiger partial charge is 0.248 e. The summed E-state index contributed by atoms with van der Waals surface area (Å²) in [6, 6.07) is 10.0. The van der Waals surface area contributed by atoms with Gasteiger partial charge in [0.1, 0.15) is 6.61 Å². The van der Waals surface area contributed by atoms with E-state index in [1.807, 2.05) is 35.2 Å². The van der Waals surface area contributed by atoms with Crippen LogP contribution in [0.2, 0.25) is 0 Å². The Morgan fingerprint density at radius 1 is 1.08 bits per heavy atom. The van der Waals surface area contributed by atoms with E-state index in [4.69, 9.17) is 4.74 Å². The van der Waals surface area contributed by atoms with Crippen molar-refractivity contribution < 1.29 is 14.3 Å². The zero-order chi connectivity index (χ0) is 17.5. The Kier molecular flexibility index (Phi) is 6.79. The lowest BCUT2D eigenvalue weighted by molar-refractivity contribution is -0.143. The molecular weight excluding hydrogens is 304 g/mol. The maximum atomic E-state index is 13.1. The van der Waals surface area contributed by atoms with Crippen molar-refractivity contribution in [3.05, 3.63) is 35.9 Å². The van der Waals surface area contributed by atoms with Gasteiger partial charge in [-0.15, -0.1) is 0 Å². The lowest BCUT2D eigenvalue weighted by atomic mass is 9.84. The molecule has 0 radical (unpaired) electrons. The predicted octanol–water partition coefficient (Wildman–Crippen LogP) is 2.13. The molecule has 0 bridgehead atoms. The van der Waals surface area contributed by atoms with Crippen LogP contribution in [0.5, 0.6) is 0 Å². The van der Waals surface area contributed by atoms with Crippen LogP contribution in [-0.4, -0.2) is 61.5 Å². The molecule has 132 valence electrons. The Balaban J connectivity index is 2.05. The number of piperazine rings is 1. The van der Waals surface area contributed by atoms with E-state index in [-0.39, 0.29) is 30.3 Å². The van der Waals surface area contributed by atoms with Crippen LogP contribution in [0.3, 0.4) is 0 Å². The predicted molar refractivity (Wildman–Crippen MR) is 93.7 cm³/mol. The maximum Gasteiger partial charge on any atom is 0.248 e. The number of methoxy groups -OCH3 is 1. The van der Waals surface area contributed by atoms with Crippen molar-refractivity contribution in [1.82, 2.24) is 9.80 Å². The van der Waals surface area contributed by atoms with Crippen molar-refractivity contribution in [2.45, 2.75) is 26.2 Å². The Morgan fingerprint density at radius 2 is 1.67 bits per heavy atom. The molecule has 1 heterocycles. The van der Waals surface area contributed by atoms with Gasteiger partial charge in [0.05, 0.1) is 5.92 Å². The van der Waals surface area contributed by atoms with Gasteiger partial charge in [0.2, 0.25) is 11.8 Å². The Morgan fingerprint density at radius 3 is 2.21 bits per heavy atom. The van der Waals surface area contributed by atoms with Crippen LogP contribution >= 0.6 is 0 Å². The normalized spacial score (nSPS) is 17.5. The third-order valence-electron chi connectivity index (χ3n) is 4.85. The largest absolute Gasteiger partial charge is 0.375 e. The first kappa shape index (κ1) is 18.5. The minimum absolute atomic E-state index is 0.00821. The van der Waals surface area contributed by atoms with Crippen molar-refractivity contribution in [2.75, 3.05) is 39.9 Å². The average Bonchev–Trinajstić information content (AvgIpc) is 2.63. The molecule has 2 amide bonds. The maximum absolute atomic E-state index is 13.1. The zero-order valence-electron chi connectivity index (χ0n) is 14.9. The Hall–Kier alpha value is -1.88. The van der Waals surface area contributed by atoms with Gasteiger partial charge < -0.3 is 14.5 Å². The van der Waals surface area contributed by atoms with E-state index in [2.05, 4.69) is 13.8 Å². The van der Waals surface area contributed by atoms with E-state index < -0.39 is 0 Å². The van der Waals surface area contributed by atoms with Crippen LogP contribution in [0, 0.1) is 5.92 Å². The standard InChI is InChI=1S/C19H28N2O3/c1-4-15(2)18(16-8-6-5-7-9-16)19(23)21-12-10-20(11-13-21)17(22)14-24-3/h5-9,15,18H,4,10-14H2,1-3H3. The number of carbonyl (C=O) groups excluding carboxylic acids is 2. The second kappa shape index (κ2) is 8.83. The number of amides is 2. The molecule has 0 saturated carbocycles. The molecule has 0 aliphatic carbocycles. The van der Waals surface area contributed by atoms with Gasteiger partial charge in [-0.1, -0.05) is 50.6 Å². The minimum atomic E-state index is -0.113. The molecule has 5 nitrogen and oxygen atoms in total. The SMILES string of the molecule is CCC(C)C(C(=O)N1CCN(C(=O)COC)CC1)c1ccccc1. The van der Waals surface area contributed by atoms with Crippen LogP contribution in [-0.2, 0) is 14.3 Å². The molecule has 2 rings (SSSR count). The topological polar surface area (TPSA) is 49.9 Å². The fourth-order valence-corrected chi connectivity index (χ4v) is 3.20. The van der Waals surface area contributed by atoms with Gasteiger partial charge in [-0.05, 0) is 11.5 Å². The van der Waals surface area contributed by atoms with Gasteiger partial charge in [-0.3, -0.25) is 9.59 Å². The average molecular weight is 332 g/mol. The number of hydrogen-bond donors (Lipinski definition) is 0. The molecule has 0 spiro atoms. The highest BCUT2D eigenvalue weighted by Crippen LogP contribution is 2.29. The summed E-state index contributed by atoms with van der Waals surface area (Å²) in [5.74, 6) is 0.339. The van der Waals surface area contributed by atoms with E-state index in [1.165, 1.54) is 7.11 Å². The van der Waals surface area contributed by atoms with E-state index in [1.54, 1.807) is 4.90 Å². The molecule has 2 atom stereocenters. The summed E-state index contributed by atoms with van der Waals surface area (Å²) in [4.78, 5) is 28.7. The van der Waals surface area contributed by atoms with Crippen LogP contribution in [0.15, 0.2) is 30.3 Å². The van der Waals surface area contributed by atoms with Crippen LogP contribution < -0.4 is 0 Å². The second-order valence-electron chi connectivity index (χ2n) is 6.41. The first-order chi connectivity index (χ1) is 11.6. The summed E-state index contributed by atoms with van der Waals surface area (Å²) >= 11 is 0. The van der Waals surface area contributed by atoms with Gasteiger partial charge in [0.15, 0.2) is 0 Å². The summed E-state index contributed by atoms with van der Waals surface area (Å²) < 4.78 is 4.90. The number of benzene rings is 1. The zero-order valence-corrected chi connectivity index (χ0v) is 14.9. The summed E-state index contributed by atoms with van der Waals surface area (Å²) in [6.45, 7) is 6.70. The monoisotopic (exact) mass is 332 g/mol. The molecular formula is C19H28N2O3. The van der Waals surface area contributed by atoms with Crippen LogP contribution in [0.1, 0.15) is 31.7 Å². The van der Waals surface area contributed by atoms with Crippen LogP contribution in [0.4, 0.5) is 0 Å². The van der Waals surface area contributed by atoms with Crippen molar-refractivity contribution in [2.24, 2.45) is 5.92 Å². The van der Waals surface area contributed by atoms with Gasteiger partial charge in [-0.2, -0.15) is 0 Å². The lowest BCUT2D eigenvalue weighted by Gasteiger charge is -2.37. The molecule has 1 fully saturated rings. The molecule has 1 aromatic rings. The number of ether oxygens (including phenoxy) is 1. The summed E-state index contributed by atoms with van der Waals surface area (Å²) in [7, 11) is 1.52. The van der Waals surface area contributed by atoms with Crippen molar-refractivity contribution in [3.63, 3.8) is 0 Å². The molecule has 0 N–H and O–H groups in total. The molecule has 1 aliphatic rings. The van der Waals surface area contributed by atoms with Crippen molar-refractivity contribution >= 4 is 11.8 Å². The first-order valence-corrected chi connectivity index (χ1v) is 8.68. The van der Waals surface area contributed by atoms with E-state index in [0.717, 1.165) is 12.0 Å². The Labute approximate surface area is 144 Å². The van der Waals surface area contributed by atoms with Crippen molar-refractivity contribution in [3.8, 4) is 0 Å². The van der Waals surface area contributed by atoms with Gasteiger partial charge in [0.25, 0.3) is 0 Å². The first-order valence-electron chi connectivity index (χ1n) is 8.68. The fraction of sp³-hybridized carbons (Fsp3) is 0.579. The van der Waals surface area contributed by atoms with Gasteiger partial charge >= 0.3 is 0 Å². The molecule has 5 heteroatoms. The lowest BCUT2D eigenvalue weighted by Crippen LogP contribution is -2.52. The molecule has 1 saturated heterocycles. The van der Waals surface area contributed by atoms with Crippen LogP contribution in [0.25, 0.3) is 0 Å². The number of carbonyl (C=O) groups is 2. The number of nitrogens with zero attached hydrogens (tertiary/aromatic N) is 2. The minimum Gasteiger partial charge on any atom is -0.375 e. The second-order valence-corrected chi connectivity index (χ2v) is 6.41. The number of hydrogen-bond acceptors (Lipinski definition) is 3. The molecule has 2 unspecified atom stereocenters. The van der Waals surface area contributed by atoms with Gasteiger partial charge in [0, 0.05) is 33.3 Å². The summed E-state index contributed by atoms with van der Waals surface area (Å²) in [6.07, 6.45) is 0.956. The van der Waals surface area contributed by atoms with Gasteiger partial charge in [-0.25, -0.2) is 0 Å². The fourth-order valence-electron chi connectivity index (χ4n) is 3.20. The van der Waals surface area contributed by atoms with E-state index in [9.17, 15) is 9.59 Å². The Bertz CT molecular complexity index is 539. The third kappa shape index (κ3) is 4.35. The third-order valence-corrected chi connectivity index (χ3v) is 4.85. The molecule has 0 aromatic heterocycles. The quantitative estimate of drug-likeness (QED) is 0.802. The highest BCUT2D eigenvalue weighted by molar-refractivity contribution is 5.84. The molecule has 24 heavy (non-hydrogen) atoms. The summed E-state index contributed by atoms with van der Waals surface area (Å²) in [5, 5.41) is 0. The molecule has 1 aliphatic heterocycles. The number of rotatable bonds is 6. The van der Waals surface area contributed by atoms with Crippen molar-refractivity contribution in [1.29, 1.82) is 0 Å². The molecule has 1 aromatic carbocycles. The highest BCUT2D eigenvalue weighted by Gasteiger charge is 2.32.